The van der Waals surface area contributed by atoms with Crippen LogP contribution in [0, 0.1) is 11.8 Å². The van der Waals surface area contributed by atoms with E-state index in [1.54, 1.807) is 0 Å². The van der Waals surface area contributed by atoms with Gasteiger partial charge < -0.3 is 5.11 Å². The van der Waals surface area contributed by atoms with Gasteiger partial charge in [-0.15, -0.1) is 0 Å². The van der Waals surface area contributed by atoms with Crippen molar-refractivity contribution in [1.29, 1.82) is 0 Å². The Balaban J connectivity index is 1.74. The van der Waals surface area contributed by atoms with Crippen LogP contribution in [-0.2, 0) is 20.4 Å². The lowest BCUT2D eigenvalue weighted by molar-refractivity contribution is -0.137. The van der Waals surface area contributed by atoms with Crippen LogP contribution in [0.4, 0.5) is 0 Å². The third-order valence-corrected chi connectivity index (χ3v) is 9.28. The molecule has 2 aliphatic heterocycles. The Labute approximate surface area is 171 Å². The number of carbonyl (C=O) groups excluding carboxylic acids is 1. The molecule has 0 radical (unpaired) electrons. The van der Waals surface area contributed by atoms with Gasteiger partial charge in [-0.3, -0.25) is 13.8 Å². The molecule has 0 spiro atoms. The molecule has 2 saturated heterocycles. The monoisotopic (exact) mass is 416 g/mol. The molecule has 5 atom stereocenters. The van der Waals surface area contributed by atoms with Gasteiger partial charge in [0.15, 0.2) is 0 Å². The summed E-state index contributed by atoms with van der Waals surface area (Å²) < 4.78 is 12.6. The average Bonchev–Trinajstić information content (AvgIpc) is 3.22. The van der Waals surface area contributed by atoms with Gasteiger partial charge in [0.25, 0.3) is 0 Å². The Hall–Kier alpha value is -0.360. The van der Waals surface area contributed by atoms with E-state index < -0.39 is 16.8 Å². The Morgan fingerprint density at radius 1 is 0.963 bits per heavy atom. The van der Waals surface area contributed by atoms with Crippen molar-refractivity contribution in [3.8, 4) is 0 Å². The second-order valence-corrected chi connectivity index (χ2v) is 11.2. The molecule has 2 bridgehead atoms. The van der Waals surface area contributed by atoms with Gasteiger partial charge in [0, 0.05) is 51.6 Å². The summed E-state index contributed by atoms with van der Waals surface area (Å²) in [6.45, 7) is 2.20. The first kappa shape index (κ1) is 22.9. The highest BCUT2D eigenvalue weighted by atomic mass is 32.2. The number of carbonyl (C=O) groups is 2. The predicted molar refractivity (Wildman–Crippen MR) is 114 cm³/mol. The first-order valence-corrected chi connectivity index (χ1v) is 13.2. The first-order valence-electron chi connectivity index (χ1n) is 10.8. The number of carboxylic acid groups (broad SMARTS) is 1. The van der Waals surface area contributed by atoms with Crippen molar-refractivity contribution in [2.75, 3.05) is 11.5 Å². The molecule has 0 saturated carbocycles. The molecule has 0 aliphatic carbocycles. The molecule has 1 N–H and O–H groups in total. The molecule has 0 aromatic carbocycles. The van der Waals surface area contributed by atoms with E-state index in [4.69, 9.17) is 5.11 Å². The van der Waals surface area contributed by atoms with E-state index >= 15 is 0 Å². The summed E-state index contributed by atoms with van der Waals surface area (Å²) in [6, 6.07) is 0. The number of carboxylic acids is 1. The molecule has 27 heavy (non-hydrogen) atoms. The van der Waals surface area contributed by atoms with Crippen LogP contribution in [0.5, 0.6) is 0 Å². The lowest BCUT2D eigenvalue weighted by atomic mass is 9.77. The number of hydrogen-bond acceptors (Lipinski definition) is 4. The molecule has 0 aromatic heterocycles. The normalized spacial score (nSPS) is 27.7. The number of aliphatic carboxylic acids is 1. The second-order valence-electron chi connectivity index (χ2n) is 8.13. The van der Waals surface area contributed by atoms with Crippen LogP contribution in [0.3, 0.4) is 0 Å². The zero-order valence-corrected chi connectivity index (χ0v) is 18.3. The van der Waals surface area contributed by atoms with Gasteiger partial charge in [-0.05, 0) is 38.0 Å². The molecule has 156 valence electrons. The summed E-state index contributed by atoms with van der Waals surface area (Å²) in [4.78, 5) is 23.4. The topological polar surface area (TPSA) is 71.4 Å². The molecule has 0 amide bonds. The minimum Gasteiger partial charge on any atom is -0.481 e. The first-order chi connectivity index (χ1) is 13.0. The van der Waals surface area contributed by atoms with Crippen molar-refractivity contribution in [2.45, 2.75) is 94.5 Å². The highest BCUT2D eigenvalue weighted by Crippen LogP contribution is 2.53. The fourth-order valence-corrected chi connectivity index (χ4v) is 8.18. The van der Waals surface area contributed by atoms with Crippen molar-refractivity contribution in [3.63, 3.8) is 0 Å². The highest BCUT2D eigenvalue weighted by Gasteiger charge is 2.51. The maximum Gasteiger partial charge on any atom is 0.303 e. The van der Waals surface area contributed by atoms with Crippen LogP contribution in [-0.4, -0.2) is 43.1 Å². The SMILES string of the molecule is CCCCCCCS(=O)CC1C2CCC(S2)C1C(=O)CCCCCC(=O)O. The third-order valence-electron chi connectivity index (χ3n) is 5.96. The van der Waals surface area contributed by atoms with Crippen molar-refractivity contribution >= 4 is 34.3 Å². The van der Waals surface area contributed by atoms with Crippen LogP contribution < -0.4 is 0 Å². The van der Waals surface area contributed by atoms with Gasteiger partial charge in [-0.2, -0.15) is 11.8 Å². The number of unbranched alkanes of at least 4 members (excludes halogenated alkanes) is 6. The van der Waals surface area contributed by atoms with E-state index in [2.05, 4.69) is 6.92 Å². The Morgan fingerprint density at radius 3 is 2.37 bits per heavy atom. The van der Waals surface area contributed by atoms with Crippen LogP contribution in [0.15, 0.2) is 0 Å². The maximum absolute atomic E-state index is 12.8. The summed E-state index contributed by atoms with van der Waals surface area (Å²) in [7, 11) is -0.799. The van der Waals surface area contributed by atoms with Gasteiger partial charge in [0.1, 0.15) is 5.78 Å². The van der Waals surface area contributed by atoms with Crippen molar-refractivity contribution in [3.05, 3.63) is 0 Å². The molecule has 4 nitrogen and oxygen atoms in total. The van der Waals surface area contributed by atoms with Crippen LogP contribution in [0.1, 0.15) is 84.0 Å². The predicted octanol–water partition coefficient (Wildman–Crippen LogP) is 4.82. The number of hydrogen-bond donors (Lipinski definition) is 1. The Kier molecular flexibility index (Phi) is 10.4. The van der Waals surface area contributed by atoms with Crippen LogP contribution >= 0.6 is 11.8 Å². The number of ketones is 1. The summed E-state index contributed by atoms with van der Waals surface area (Å²) in [6.07, 6.45) is 11.3. The van der Waals surface area contributed by atoms with E-state index in [0.717, 1.165) is 31.4 Å². The van der Waals surface area contributed by atoms with Gasteiger partial charge >= 0.3 is 5.97 Å². The molecule has 2 aliphatic rings. The molecule has 2 heterocycles. The molecular weight excluding hydrogens is 380 g/mol. The van der Waals surface area contributed by atoms with E-state index in [1.807, 2.05) is 11.8 Å². The van der Waals surface area contributed by atoms with Gasteiger partial charge in [-0.1, -0.05) is 39.0 Å². The summed E-state index contributed by atoms with van der Waals surface area (Å²) in [5.74, 6) is 1.47. The average molecular weight is 417 g/mol. The molecule has 6 heteroatoms. The minimum atomic E-state index is -0.799. The fraction of sp³-hybridized carbons (Fsp3) is 0.905. The fourth-order valence-electron chi connectivity index (χ4n) is 4.52. The molecule has 2 fully saturated rings. The largest absolute Gasteiger partial charge is 0.481 e. The summed E-state index contributed by atoms with van der Waals surface area (Å²) >= 11 is 1.97. The zero-order chi connectivity index (χ0) is 19.6. The quantitative estimate of drug-likeness (QED) is 0.388. The lowest BCUT2D eigenvalue weighted by Crippen LogP contribution is -2.36. The van der Waals surface area contributed by atoms with E-state index in [9.17, 15) is 13.8 Å². The van der Waals surface area contributed by atoms with Gasteiger partial charge in [0.05, 0.1) is 0 Å². The summed E-state index contributed by atoms with van der Waals surface area (Å²) in [5.41, 5.74) is 0. The highest BCUT2D eigenvalue weighted by molar-refractivity contribution is 8.01. The Bertz CT molecular complexity index is 508. The number of Topliss-reactive ketones (excluding diaryl/α,β-unsaturated/α-hetero) is 1. The number of fused-ring (bicyclic) bond motifs is 2. The smallest absolute Gasteiger partial charge is 0.303 e. The van der Waals surface area contributed by atoms with E-state index in [1.165, 1.54) is 32.1 Å². The molecule has 2 rings (SSSR count). The number of thioether (sulfide) groups is 1. The third kappa shape index (κ3) is 7.52. The Morgan fingerprint density at radius 2 is 1.63 bits per heavy atom. The van der Waals surface area contributed by atoms with Crippen LogP contribution in [0.2, 0.25) is 0 Å². The van der Waals surface area contributed by atoms with E-state index in [-0.39, 0.29) is 12.3 Å². The minimum absolute atomic E-state index is 0.0947. The maximum atomic E-state index is 12.8. The van der Waals surface area contributed by atoms with Crippen molar-refractivity contribution in [2.24, 2.45) is 11.8 Å². The number of rotatable bonds is 15. The van der Waals surface area contributed by atoms with Crippen molar-refractivity contribution < 1.29 is 18.9 Å². The van der Waals surface area contributed by atoms with Gasteiger partial charge in [-0.25, -0.2) is 0 Å². The van der Waals surface area contributed by atoms with Gasteiger partial charge in [0.2, 0.25) is 0 Å². The molecule has 0 aromatic rings. The standard InChI is InChI=1S/C21H36O4S2/c1-2-3-4-5-9-14-27(25)15-16-18-12-13-19(26-18)21(16)17(22)10-7-6-8-11-20(23)24/h16,18-19,21H,2-15H2,1H3,(H,23,24). The second kappa shape index (κ2) is 12.3. The lowest BCUT2D eigenvalue weighted by Gasteiger charge is -2.28. The zero-order valence-electron chi connectivity index (χ0n) is 16.7. The molecular formula is C21H36O4S2. The van der Waals surface area contributed by atoms with Crippen LogP contribution in [0.25, 0.3) is 0 Å². The van der Waals surface area contributed by atoms with E-state index in [0.29, 0.717) is 40.8 Å². The summed E-state index contributed by atoms with van der Waals surface area (Å²) in [5, 5.41) is 9.66. The van der Waals surface area contributed by atoms with Crippen molar-refractivity contribution in [1.82, 2.24) is 0 Å². The molecule has 5 unspecified atom stereocenters.